The molecule has 0 spiro atoms. The van der Waals surface area contributed by atoms with Crippen molar-refractivity contribution in [3.63, 3.8) is 0 Å². The van der Waals surface area contributed by atoms with Gasteiger partial charge in [0, 0.05) is 18.7 Å². The smallest absolute Gasteiger partial charge is 0.149 e. The van der Waals surface area contributed by atoms with Crippen LogP contribution in [0.3, 0.4) is 0 Å². The van der Waals surface area contributed by atoms with Crippen molar-refractivity contribution in [3.8, 4) is 5.75 Å². The van der Waals surface area contributed by atoms with Crippen molar-refractivity contribution in [1.82, 2.24) is 0 Å². The third-order valence-electron chi connectivity index (χ3n) is 2.44. The van der Waals surface area contributed by atoms with Crippen molar-refractivity contribution < 1.29 is 18.3 Å². The third-order valence-corrected chi connectivity index (χ3v) is 3.04. The molecule has 2 aromatic carbocycles. The van der Waals surface area contributed by atoms with Crippen LogP contribution in [0.1, 0.15) is 5.56 Å². The number of phenols is 1. The monoisotopic (exact) mass is 331 g/mol. The Morgan fingerprint density at radius 2 is 1.74 bits per heavy atom. The van der Waals surface area contributed by atoms with E-state index in [1.54, 1.807) is 0 Å². The number of hydrogen-bond donors (Lipinski definition) is 2. The minimum atomic E-state index is -0.749. The first kappa shape index (κ1) is 13.7. The van der Waals surface area contributed by atoms with E-state index < -0.39 is 17.5 Å². The maximum absolute atomic E-state index is 13.4. The van der Waals surface area contributed by atoms with Gasteiger partial charge in [-0.25, -0.2) is 13.2 Å². The second-order valence-corrected chi connectivity index (χ2v) is 4.77. The summed E-state index contributed by atoms with van der Waals surface area (Å²) in [4.78, 5) is 0. The molecular weight excluding hydrogens is 323 g/mol. The van der Waals surface area contributed by atoms with Crippen LogP contribution in [-0.2, 0) is 6.54 Å². The minimum Gasteiger partial charge on any atom is -0.508 e. The molecule has 0 heterocycles. The molecule has 0 unspecified atom stereocenters. The first-order valence-electron chi connectivity index (χ1n) is 5.32. The lowest BCUT2D eigenvalue weighted by atomic mass is 10.2. The van der Waals surface area contributed by atoms with Crippen molar-refractivity contribution in [3.05, 3.63) is 57.8 Å². The average molecular weight is 332 g/mol. The number of halogens is 4. The number of rotatable bonds is 3. The Morgan fingerprint density at radius 1 is 1.00 bits per heavy atom. The highest BCUT2D eigenvalue weighted by atomic mass is 79.9. The molecule has 6 heteroatoms. The van der Waals surface area contributed by atoms with E-state index in [4.69, 9.17) is 0 Å². The summed E-state index contributed by atoms with van der Waals surface area (Å²) in [5, 5.41) is 11.9. The highest BCUT2D eigenvalue weighted by Gasteiger charge is 2.08. The molecule has 0 aromatic heterocycles. The summed E-state index contributed by atoms with van der Waals surface area (Å²) >= 11 is 2.95. The highest BCUT2D eigenvalue weighted by Crippen LogP contribution is 2.24. The third kappa shape index (κ3) is 3.41. The van der Waals surface area contributed by atoms with E-state index in [9.17, 15) is 18.3 Å². The summed E-state index contributed by atoms with van der Waals surface area (Å²) in [6.07, 6.45) is 0. The Kier molecular flexibility index (Phi) is 3.99. The fourth-order valence-corrected chi connectivity index (χ4v) is 1.93. The lowest BCUT2D eigenvalue weighted by molar-refractivity contribution is 0.468. The molecule has 2 aromatic rings. The molecule has 2 rings (SSSR count). The molecule has 0 amide bonds. The molecule has 0 aliphatic carbocycles. The Labute approximate surface area is 116 Å². The molecule has 0 aliphatic rings. The minimum absolute atomic E-state index is 0.0806. The topological polar surface area (TPSA) is 32.3 Å². The Bertz CT molecular complexity index is 599. The summed E-state index contributed by atoms with van der Waals surface area (Å²) in [6.45, 7) is 0.0975. The van der Waals surface area contributed by atoms with E-state index in [1.165, 1.54) is 18.2 Å². The summed E-state index contributed by atoms with van der Waals surface area (Å²) in [7, 11) is 0. The van der Waals surface area contributed by atoms with Gasteiger partial charge in [0.2, 0.25) is 0 Å². The van der Waals surface area contributed by atoms with Gasteiger partial charge in [-0.1, -0.05) is 0 Å². The molecule has 0 bridgehead atoms. The first-order chi connectivity index (χ1) is 8.95. The van der Waals surface area contributed by atoms with E-state index in [2.05, 4.69) is 21.2 Å². The number of aromatic hydroxyl groups is 1. The molecule has 0 saturated carbocycles. The van der Waals surface area contributed by atoms with Crippen molar-refractivity contribution >= 4 is 21.6 Å². The van der Waals surface area contributed by atoms with Gasteiger partial charge in [0.15, 0.2) is 0 Å². The van der Waals surface area contributed by atoms with E-state index in [0.717, 1.165) is 12.1 Å². The fraction of sp³-hybridized carbons (Fsp3) is 0.0769. The van der Waals surface area contributed by atoms with Gasteiger partial charge in [-0.2, -0.15) is 0 Å². The Balaban J connectivity index is 2.16. The SMILES string of the molecule is Oc1cc(F)cc(CNc2cc(Br)c(F)cc2F)c1. The van der Waals surface area contributed by atoms with Crippen LogP contribution in [0.15, 0.2) is 34.8 Å². The summed E-state index contributed by atoms with van der Waals surface area (Å²) in [6, 6.07) is 5.54. The van der Waals surface area contributed by atoms with Crippen LogP contribution < -0.4 is 5.32 Å². The summed E-state index contributed by atoms with van der Waals surface area (Å²) in [5.41, 5.74) is 0.523. The van der Waals surface area contributed by atoms with E-state index in [0.29, 0.717) is 5.56 Å². The second kappa shape index (κ2) is 5.52. The van der Waals surface area contributed by atoms with Crippen molar-refractivity contribution in [2.24, 2.45) is 0 Å². The zero-order valence-electron chi connectivity index (χ0n) is 9.55. The van der Waals surface area contributed by atoms with E-state index >= 15 is 0 Å². The second-order valence-electron chi connectivity index (χ2n) is 3.92. The van der Waals surface area contributed by atoms with Gasteiger partial charge in [0.1, 0.15) is 23.2 Å². The van der Waals surface area contributed by atoms with Crippen LogP contribution in [0, 0.1) is 17.5 Å². The molecule has 100 valence electrons. The van der Waals surface area contributed by atoms with Crippen LogP contribution in [0.4, 0.5) is 18.9 Å². The first-order valence-corrected chi connectivity index (χ1v) is 6.12. The van der Waals surface area contributed by atoms with Gasteiger partial charge in [-0.15, -0.1) is 0 Å². The molecular formula is C13H9BrF3NO. The molecule has 0 atom stereocenters. The molecule has 2 nitrogen and oxygen atoms in total. The van der Waals surface area contributed by atoms with Crippen molar-refractivity contribution in [2.45, 2.75) is 6.54 Å². The van der Waals surface area contributed by atoms with Gasteiger partial charge >= 0.3 is 0 Å². The lowest BCUT2D eigenvalue weighted by Crippen LogP contribution is -2.02. The molecule has 0 fully saturated rings. The number of phenolic OH excluding ortho intramolecular Hbond substituents is 1. The zero-order chi connectivity index (χ0) is 14.0. The summed E-state index contributed by atoms with van der Waals surface area (Å²) < 4.78 is 39.6. The lowest BCUT2D eigenvalue weighted by Gasteiger charge is -2.09. The molecule has 0 saturated heterocycles. The standard InChI is InChI=1S/C13H9BrF3NO/c14-10-4-13(12(17)5-11(10)16)18-6-7-1-8(15)3-9(19)2-7/h1-5,18-19H,6H2. The quantitative estimate of drug-likeness (QED) is 0.827. The van der Waals surface area contributed by atoms with Gasteiger partial charge in [-0.3, -0.25) is 0 Å². The van der Waals surface area contributed by atoms with Crippen LogP contribution in [0.2, 0.25) is 0 Å². The van der Waals surface area contributed by atoms with Crippen LogP contribution >= 0.6 is 15.9 Å². The molecule has 0 aliphatic heterocycles. The normalized spacial score (nSPS) is 10.5. The van der Waals surface area contributed by atoms with Gasteiger partial charge in [0.25, 0.3) is 0 Å². The van der Waals surface area contributed by atoms with Gasteiger partial charge < -0.3 is 10.4 Å². The maximum Gasteiger partial charge on any atom is 0.149 e. The number of benzene rings is 2. The summed E-state index contributed by atoms with van der Waals surface area (Å²) in [5.74, 6) is -2.25. The Morgan fingerprint density at radius 3 is 2.42 bits per heavy atom. The van der Waals surface area contributed by atoms with Crippen LogP contribution in [-0.4, -0.2) is 5.11 Å². The molecule has 0 radical (unpaired) electrons. The zero-order valence-corrected chi connectivity index (χ0v) is 11.1. The Hall–Kier alpha value is -1.69. The fourth-order valence-electron chi connectivity index (χ4n) is 1.59. The maximum atomic E-state index is 13.4. The number of hydrogen-bond acceptors (Lipinski definition) is 2. The number of nitrogens with one attached hydrogen (secondary N) is 1. The largest absolute Gasteiger partial charge is 0.508 e. The van der Waals surface area contributed by atoms with E-state index in [1.807, 2.05) is 0 Å². The van der Waals surface area contributed by atoms with Crippen LogP contribution in [0.5, 0.6) is 5.75 Å². The van der Waals surface area contributed by atoms with E-state index in [-0.39, 0.29) is 22.5 Å². The molecule has 2 N–H and O–H groups in total. The van der Waals surface area contributed by atoms with Crippen LogP contribution in [0.25, 0.3) is 0 Å². The predicted octanol–water partition coefficient (Wildman–Crippen LogP) is 4.18. The predicted molar refractivity (Wildman–Crippen MR) is 69.4 cm³/mol. The van der Waals surface area contributed by atoms with Crippen molar-refractivity contribution in [1.29, 1.82) is 0 Å². The van der Waals surface area contributed by atoms with Gasteiger partial charge in [0.05, 0.1) is 10.2 Å². The van der Waals surface area contributed by atoms with Crippen molar-refractivity contribution in [2.75, 3.05) is 5.32 Å². The average Bonchev–Trinajstić information content (AvgIpc) is 2.31. The number of anilines is 1. The van der Waals surface area contributed by atoms with Gasteiger partial charge in [-0.05, 0) is 39.7 Å². The highest BCUT2D eigenvalue weighted by molar-refractivity contribution is 9.10. The molecule has 19 heavy (non-hydrogen) atoms.